The molecule has 3 rings (SSSR count). The number of nitro benzene ring substituents is 1. The van der Waals surface area contributed by atoms with Crippen LogP contribution in [0.5, 0.6) is 0 Å². The van der Waals surface area contributed by atoms with Gasteiger partial charge in [-0.05, 0) is 17.7 Å². The number of aliphatic hydroxyl groups is 1. The van der Waals surface area contributed by atoms with Gasteiger partial charge in [-0.15, -0.1) is 24.2 Å². The predicted octanol–water partition coefficient (Wildman–Crippen LogP) is 1.07. The van der Waals surface area contributed by atoms with Crippen molar-refractivity contribution in [2.75, 3.05) is 5.75 Å². The molecule has 1 saturated heterocycles. The maximum Gasteiger partial charge on any atom is 0.358 e. The molecule has 2 aliphatic rings. The molecule has 0 radical (unpaired) electrons. The molecule has 11 heteroatoms. The van der Waals surface area contributed by atoms with E-state index in [1.807, 2.05) is 0 Å². The van der Waals surface area contributed by atoms with Crippen molar-refractivity contribution in [3.63, 3.8) is 0 Å². The number of nitro groups is 1. The van der Waals surface area contributed by atoms with E-state index >= 15 is 0 Å². The number of esters is 1. The Balaban J connectivity index is 0.00000225. The number of hydrogen-bond acceptors (Lipinski definition) is 8. The molecule has 9 nitrogen and oxygen atoms in total. The van der Waals surface area contributed by atoms with Crippen molar-refractivity contribution in [1.29, 1.82) is 0 Å². The number of carbonyl (C=O) groups is 2. The van der Waals surface area contributed by atoms with Crippen molar-refractivity contribution in [3.8, 4) is 0 Å². The van der Waals surface area contributed by atoms with Gasteiger partial charge in [0.05, 0.1) is 10.7 Å². The lowest BCUT2D eigenvalue weighted by molar-refractivity contribution is -0.384. The summed E-state index contributed by atoms with van der Waals surface area (Å²) in [6.07, 6.45) is 0. The summed E-state index contributed by atoms with van der Waals surface area (Å²) < 4.78 is 5.10. The van der Waals surface area contributed by atoms with Gasteiger partial charge in [0, 0.05) is 12.1 Å². The molecule has 0 saturated carbocycles. The second-order valence-corrected chi connectivity index (χ2v) is 6.34. The molecule has 1 aromatic rings. The summed E-state index contributed by atoms with van der Waals surface area (Å²) in [6, 6.07) is 4.82. The van der Waals surface area contributed by atoms with Gasteiger partial charge in [-0.25, -0.2) is 4.79 Å². The molecule has 0 spiro atoms. The van der Waals surface area contributed by atoms with Gasteiger partial charge in [-0.1, -0.05) is 0 Å². The average Bonchev–Trinajstić information content (AvgIpc) is 2.59. The Morgan fingerprint density at radius 2 is 2.08 bits per heavy atom. The highest BCUT2D eigenvalue weighted by Gasteiger charge is 2.52. The van der Waals surface area contributed by atoms with Crippen LogP contribution in [0.3, 0.4) is 0 Å². The Morgan fingerprint density at radius 3 is 2.68 bits per heavy atom. The molecular weight excluding hydrogens is 374 g/mol. The van der Waals surface area contributed by atoms with Crippen LogP contribution < -0.4 is 5.73 Å². The number of thioether (sulfide) groups is 1. The molecule has 0 aliphatic carbocycles. The number of benzene rings is 1. The van der Waals surface area contributed by atoms with Crippen LogP contribution in [0.15, 0.2) is 35.7 Å². The van der Waals surface area contributed by atoms with Gasteiger partial charge in [0.1, 0.15) is 23.8 Å². The summed E-state index contributed by atoms with van der Waals surface area (Å²) in [5, 5.41) is 20.1. The number of fused-ring (bicyclic) bond motifs is 1. The number of hydrogen-bond donors (Lipinski definition) is 2. The highest BCUT2D eigenvalue weighted by molar-refractivity contribution is 8.00. The maximum absolute atomic E-state index is 12.2. The van der Waals surface area contributed by atoms with Crippen LogP contribution in [0, 0.1) is 10.1 Å². The van der Waals surface area contributed by atoms with Gasteiger partial charge in [0.15, 0.2) is 5.70 Å². The number of nitrogens with two attached hydrogens (primary N) is 1. The van der Waals surface area contributed by atoms with Crippen molar-refractivity contribution in [3.05, 3.63) is 51.4 Å². The van der Waals surface area contributed by atoms with E-state index in [0.717, 1.165) is 4.90 Å². The van der Waals surface area contributed by atoms with Crippen molar-refractivity contribution in [2.45, 2.75) is 18.0 Å². The zero-order valence-electron chi connectivity index (χ0n) is 12.7. The first-order valence-electron chi connectivity index (χ1n) is 6.93. The number of halogens is 1. The monoisotopic (exact) mass is 387 g/mol. The lowest BCUT2D eigenvalue weighted by atomic mass is 10.1. The molecule has 1 fully saturated rings. The summed E-state index contributed by atoms with van der Waals surface area (Å²) in [4.78, 5) is 35.2. The fourth-order valence-corrected chi connectivity index (χ4v) is 3.57. The first kappa shape index (κ1) is 19.0. The topological polar surface area (TPSA) is 136 Å². The number of carbonyl (C=O) groups excluding carboxylic acids is 2. The minimum Gasteiger partial charge on any atom is -0.509 e. The summed E-state index contributed by atoms with van der Waals surface area (Å²) >= 11 is 1.27. The largest absolute Gasteiger partial charge is 0.509 e. The quantitative estimate of drug-likeness (QED) is 0.339. The lowest BCUT2D eigenvalue weighted by Gasteiger charge is -2.47. The van der Waals surface area contributed by atoms with Crippen molar-refractivity contribution >= 4 is 41.7 Å². The van der Waals surface area contributed by atoms with Crippen LogP contribution in [0.2, 0.25) is 0 Å². The molecule has 134 valence electrons. The lowest BCUT2D eigenvalue weighted by Crippen LogP contribution is -2.68. The molecule has 1 amide bonds. The van der Waals surface area contributed by atoms with Gasteiger partial charge in [-0.3, -0.25) is 19.8 Å². The summed E-state index contributed by atoms with van der Waals surface area (Å²) in [7, 11) is 0. The normalized spacial score (nSPS) is 21.8. The number of ether oxygens (including phenoxy) is 1. The minimum absolute atomic E-state index is 0. The van der Waals surface area contributed by atoms with Gasteiger partial charge < -0.3 is 15.6 Å². The minimum atomic E-state index is -0.837. The smallest absolute Gasteiger partial charge is 0.358 e. The molecular formula is C14H14ClN3O6S. The van der Waals surface area contributed by atoms with Crippen LogP contribution >= 0.6 is 24.2 Å². The first-order chi connectivity index (χ1) is 11.4. The number of non-ortho nitro benzene ring substituents is 1. The van der Waals surface area contributed by atoms with Crippen LogP contribution in [0.4, 0.5) is 5.69 Å². The van der Waals surface area contributed by atoms with E-state index in [1.165, 1.54) is 36.0 Å². The van der Waals surface area contributed by atoms with Crippen molar-refractivity contribution < 1.29 is 24.4 Å². The molecule has 3 N–H and O–H groups in total. The van der Waals surface area contributed by atoms with Gasteiger partial charge in [-0.2, -0.15) is 0 Å². The van der Waals surface area contributed by atoms with E-state index < -0.39 is 22.8 Å². The van der Waals surface area contributed by atoms with Gasteiger partial charge >= 0.3 is 5.97 Å². The number of nitrogens with zero attached hydrogens (tertiary/aromatic N) is 2. The summed E-state index contributed by atoms with van der Waals surface area (Å²) in [5.74, 6) is -1.34. The fourth-order valence-electron chi connectivity index (χ4n) is 2.42. The molecule has 0 bridgehead atoms. The Bertz CT molecular complexity index is 753. The van der Waals surface area contributed by atoms with E-state index in [0.29, 0.717) is 5.56 Å². The SMILES string of the molecule is Cl.NC1C(=O)N2C(C(=O)OCc3ccc([N+](=O)[O-])cc3)=C(O)CS[C@@H]12. The second kappa shape index (κ2) is 7.30. The van der Waals surface area contributed by atoms with E-state index in [4.69, 9.17) is 10.5 Å². The molecule has 2 atom stereocenters. The van der Waals surface area contributed by atoms with Crippen LogP contribution in [-0.2, 0) is 20.9 Å². The highest BCUT2D eigenvalue weighted by atomic mass is 35.5. The first-order valence-corrected chi connectivity index (χ1v) is 7.98. The Labute approximate surface area is 152 Å². The van der Waals surface area contributed by atoms with E-state index in [2.05, 4.69) is 0 Å². The van der Waals surface area contributed by atoms with Gasteiger partial charge in [0.2, 0.25) is 5.91 Å². The second-order valence-electron chi connectivity index (χ2n) is 5.23. The Morgan fingerprint density at radius 1 is 1.44 bits per heavy atom. The number of aliphatic hydroxyl groups excluding tert-OH is 1. The van der Waals surface area contributed by atoms with Gasteiger partial charge in [0.25, 0.3) is 5.69 Å². The summed E-state index contributed by atoms with van der Waals surface area (Å²) in [6.45, 7) is -0.139. The predicted molar refractivity (Wildman–Crippen MR) is 90.9 cm³/mol. The molecule has 2 heterocycles. The molecule has 25 heavy (non-hydrogen) atoms. The maximum atomic E-state index is 12.2. The Hall–Kier alpha value is -2.30. The molecule has 0 aromatic heterocycles. The standard InChI is InChI=1S/C14H13N3O6S.ClH/c15-10-12(19)16-11(9(18)6-24-13(10)16)14(20)23-5-7-1-3-8(4-2-7)17(21)22;/h1-4,10,13,18H,5-6,15H2;1H/t10?,13-;/m0./s1. The summed E-state index contributed by atoms with van der Waals surface area (Å²) in [5.41, 5.74) is 5.95. The van der Waals surface area contributed by atoms with E-state index in [9.17, 15) is 24.8 Å². The van der Waals surface area contributed by atoms with Crippen LogP contribution in [0.1, 0.15) is 5.56 Å². The van der Waals surface area contributed by atoms with E-state index in [1.54, 1.807) is 0 Å². The third kappa shape index (κ3) is 3.41. The van der Waals surface area contributed by atoms with Crippen molar-refractivity contribution in [2.24, 2.45) is 5.73 Å². The van der Waals surface area contributed by atoms with Crippen molar-refractivity contribution in [1.82, 2.24) is 4.90 Å². The Kier molecular flexibility index (Phi) is 5.55. The molecule has 1 aromatic carbocycles. The third-order valence-electron chi connectivity index (χ3n) is 3.70. The fraction of sp³-hybridized carbons (Fsp3) is 0.286. The number of β-lactam (4-membered cyclic amide) rings is 1. The zero-order chi connectivity index (χ0) is 17.4. The third-order valence-corrected chi connectivity index (χ3v) is 4.99. The van der Waals surface area contributed by atoms with Crippen LogP contribution in [-0.4, -0.2) is 44.0 Å². The zero-order valence-corrected chi connectivity index (χ0v) is 14.3. The van der Waals surface area contributed by atoms with E-state index in [-0.39, 0.29) is 47.3 Å². The van der Waals surface area contributed by atoms with Crippen LogP contribution in [0.25, 0.3) is 0 Å². The average molecular weight is 388 g/mol. The molecule has 2 aliphatic heterocycles. The highest BCUT2D eigenvalue weighted by Crippen LogP contribution is 2.38. The molecule has 1 unspecified atom stereocenters. The number of rotatable bonds is 4. The number of amides is 1.